The topological polar surface area (TPSA) is 207 Å². The molecule has 0 aromatic carbocycles. The maximum atomic E-state index is 10.3. The summed E-state index contributed by atoms with van der Waals surface area (Å²) in [6.45, 7) is 16.5. The van der Waals surface area contributed by atoms with Crippen LogP contribution in [-0.4, -0.2) is 106 Å². The van der Waals surface area contributed by atoms with Gasteiger partial charge in [-0.15, -0.1) is 0 Å². The van der Waals surface area contributed by atoms with Crippen LogP contribution in [0.15, 0.2) is 0 Å². The van der Waals surface area contributed by atoms with E-state index in [9.17, 15) is 24.0 Å². The molecule has 234 valence electrons. The highest BCUT2D eigenvalue weighted by Crippen LogP contribution is 2.12. The SMILES string of the molecule is CC(=O)OCC(C)(C)C.CC(=O)OCCN.CC(=O)OCCO.CCOC(C)=O.COCC(O)COC(C)=O. The van der Waals surface area contributed by atoms with Crippen LogP contribution in [0.25, 0.3) is 0 Å². The van der Waals surface area contributed by atoms with Gasteiger partial charge in [-0.25, -0.2) is 0 Å². The van der Waals surface area contributed by atoms with Crippen LogP contribution in [0.2, 0.25) is 0 Å². The molecule has 0 saturated heterocycles. The van der Waals surface area contributed by atoms with Crippen molar-refractivity contribution in [3.05, 3.63) is 0 Å². The van der Waals surface area contributed by atoms with Gasteiger partial charge in [-0.1, -0.05) is 20.8 Å². The third kappa shape index (κ3) is 78.7. The molecule has 4 N–H and O–H groups in total. The van der Waals surface area contributed by atoms with E-state index in [0.29, 0.717) is 26.4 Å². The second-order valence-electron chi connectivity index (χ2n) is 8.37. The molecule has 14 heteroatoms. The van der Waals surface area contributed by atoms with Gasteiger partial charge in [0.1, 0.15) is 25.9 Å². The minimum Gasteiger partial charge on any atom is -0.466 e. The average Bonchev–Trinajstić information content (AvgIpc) is 2.80. The number of methoxy groups -OCH3 is 1. The molecule has 0 radical (unpaired) electrons. The molecule has 1 atom stereocenters. The molecule has 0 aromatic rings. The molecule has 0 aromatic heterocycles. The minimum absolute atomic E-state index is 0.00315. The Balaban J connectivity index is -0.000000125. The van der Waals surface area contributed by atoms with Crippen molar-refractivity contribution >= 4 is 29.8 Å². The zero-order chi connectivity index (χ0) is 31.9. The molecule has 0 aliphatic carbocycles. The summed E-state index contributed by atoms with van der Waals surface area (Å²) < 4.78 is 27.0. The summed E-state index contributed by atoms with van der Waals surface area (Å²) in [5, 5.41) is 16.9. The van der Waals surface area contributed by atoms with Gasteiger partial charge in [-0.2, -0.15) is 0 Å². The van der Waals surface area contributed by atoms with Gasteiger partial charge in [0.2, 0.25) is 0 Å². The van der Waals surface area contributed by atoms with Crippen LogP contribution in [0.1, 0.15) is 62.3 Å². The highest BCUT2D eigenvalue weighted by molar-refractivity contribution is 5.66. The van der Waals surface area contributed by atoms with Gasteiger partial charge in [0, 0.05) is 48.3 Å². The van der Waals surface area contributed by atoms with Gasteiger partial charge in [0.15, 0.2) is 0 Å². The summed E-state index contributed by atoms with van der Waals surface area (Å²) in [5.41, 5.74) is 5.09. The minimum atomic E-state index is -0.714. The summed E-state index contributed by atoms with van der Waals surface area (Å²) >= 11 is 0. The Bertz CT molecular complexity index is 602. The van der Waals surface area contributed by atoms with Crippen molar-refractivity contribution in [1.29, 1.82) is 0 Å². The van der Waals surface area contributed by atoms with Crippen molar-refractivity contribution in [2.45, 2.75) is 68.4 Å². The fourth-order valence-electron chi connectivity index (χ4n) is 1.37. The second kappa shape index (κ2) is 33.2. The summed E-state index contributed by atoms with van der Waals surface area (Å²) in [5.74, 6) is -1.43. The van der Waals surface area contributed by atoms with E-state index >= 15 is 0 Å². The number of aliphatic hydroxyl groups excluding tert-OH is 2. The van der Waals surface area contributed by atoms with Gasteiger partial charge >= 0.3 is 29.8 Å². The van der Waals surface area contributed by atoms with E-state index in [0.717, 1.165) is 0 Å². The van der Waals surface area contributed by atoms with Crippen molar-refractivity contribution in [1.82, 2.24) is 0 Å². The van der Waals surface area contributed by atoms with E-state index in [-0.39, 0.29) is 55.7 Å². The van der Waals surface area contributed by atoms with Crippen LogP contribution in [0.5, 0.6) is 0 Å². The quantitative estimate of drug-likeness (QED) is 0.244. The molecular formula is C25H51NO13. The summed E-state index contributed by atoms with van der Waals surface area (Å²) in [7, 11) is 1.47. The van der Waals surface area contributed by atoms with Crippen molar-refractivity contribution < 1.29 is 62.6 Å². The molecule has 0 aliphatic rings. The normalized spacial score (nSPS) is 9.97. The molecule has 0 rings (SSSR count). The maximum absolute atomic E-state index is 10.3. The number of carbonyl (C=O) groups excluding carboxylic acids is 5. The van der Waals surface area contributed by atoms with Gasteiger partial charge in [0.05, 0.1) is 26.4 Å². The van der Waals surface area contributed by atoms with Gasteiger partial charge in [0.25, 0.3) is 0 Å². The van der Waals surface area contributed by atoms with E-state index in [2.05, 4.69) is 23.7 Å². The average molecular weight is 574 g/mol. The standard InChI is InChI=1S/C7H14O2.C6H12O4.C4H9NO2.C4H8O3.C4H8O2/c1-6(8)9-5-7(2,3)4;1-5(7)10-4-6(8)3-9-2;2*1-4(6)7-3-2-5;1-3-6-4(2)5/h5H2,1-4H3;6,8H,3-4H2,1-2H3;2-3,5H2,1H3;5H,2-3H2,1H3;3H2,1-2H3. The Hall–Kier alpha value is -2.81. The first kappa shape index (κ1) is 46.1. The Kier molecular flexibility index (Phi) is 39.2. The van der Waals surface area contributed by atoms with Crippen LogP contribution in [0, 0.1) is 5.41 Å². The zero-order valence-electron chi connectivity index (χ0n) is 25.2. The predicted octanol–water partition coefficient (Wildman–Crippen LogP) is 0.772. The highest BCUT2D eigenvalue weighted by Gasteiger charge is 2.11. The number of esters is 5. The summed E-state index contributed by atoms with van der Waals surface area (Å²) in [6, 6.07) is 0. The lowest BCUT2D eigenvalue weighted by atomic mass is 9.99. The van der Waals surface area contributed by atoms with Crippen molar-refractivity contribution in [3.63, 3.8) is 0 Å². The van der Waals surface area contributed by atoms with Gasteiger partial charge in [-0.05, 0) is 12.3 Å². The number of nitrogens with two attached hydrogens (primary N) is 1. The number of hydrogen-bond donors (Lipinski definition) is 3. The Morgan fingerprint density at radius 3 is 1.31 bits per heavy atom. The largest absolute Gasteiger partial charge is 0.466 e. The lowest BCUT2D eigenvalue weighted by Crippen LogP contribution is -2.22. The number of ether oxygens (including phenoxy) is 6. The first-order valence-electron chi connectivity index (χ1n) is 12.0. The molecule has 0 saturated carbocycles. The molecular weight excluding hydrogens is 522 g/mol. The fraction of sp³-hybridized carbons (Fsp3) is 0.800. The number of rotatable bonds is 10. The highest BCUT2D eigenvalue weighted by atomic mass is 16.6. The van der Waals surface area contributed by atoms with Crippen molar-refractivity contribution in [2.75, 3.05) is 59.9 Å². The van der Waals surface area contributed by atoms with E-state index in [1.54, 1.807) is 6.92 Å². The lowest BCUT2D eigenvalue weighted by Gasteiger charge is -2.16. The molecule has 0 heterocycles. The summed E-state index contributed by atoms with van der Waals surface area (Å²) in [4.78, 5) is 50.1. The molecule has 39 heavy (non-hydrogen) atoms. The monoisotopic (exact) mass is 573 g/mol. The third-order valence-corrected chi connectivity index (χ3v) is 2.71. The van der Waals surface area contributed by atoms with Crippen molar-refractivity contribution in [3.8, 4) is 0 Å². The molecule has 0 aliphatic heterocycles. The van der Waals surface area contributed by atoms with Crippen LogP contribution in [0.3, 0.4) is 0 Å². The molecule has 0 bridgehead atoms. The van der Waals surface area contributed by atoms with E-state index < -0.39 is 12.1 Å². The van der Waals surface area contributed by atoms with Gasteiger partial charge < -0.3 is 44.4 Å². The number of hydrogen-bond acceptors (Lipinski definition) is 14. The Morgan fingerprint density at radius 2 is 1.13 bits per heavy atom. The molecule has 0 fully saturated rings. The number of aliphatic hydroxyl groups is 2. The molecule has 1 unspecified atom stereocenters. The maximum Gasteiger partial charge on any atom is 0.302 e. The van der Waals surface area contributed by atoms with Gasteiger partial charge in [-0.3, -0.25) is 24.0 Å². The smallest absolute Gasteiger partial charge is 0.302 e. The zero-order valence-corrected chi connectivity index (χ0v) is 25.2. The fourth-order valence-corrected chi connectivity index (χ4v) is 1.37. The van der Waals surface area contributed by atoms with Crippen LogP contribution in [0.4, 0.5) is 0 Å². The lowest BCUT2D eigenvalue weighted by molar-refractivity contribution is -0.145. The Morgan fingerprint density at radius 1 is 0.718 bits per heavy atom. The Labute approximate surface area is 232 Å². The predicted molar refractivity (Wildman–Crippen MR) is 142 cm³/mol. The van der Waals surface area contributed by atoms with Crippen LogP contribution in [-0.2, 0) is 52.4 Å². The van der Waals surface area contributed by atoms with E-state index in [1.807, 2.05) is 20.8 Å². The van der Waals surface area contributed by atoms with Crippen molar-refractivity contribution in [2.24, 2.45) is 11.1 Å². The number of carbonyl (C=O) groups is 5. The molecule has 0 spiro atoms. The summed E-state index contributed by atoms with van der Waals surface area (Å²) in [6.07, 6.45) is -0.714. The van der Waals surface area contributed by atoms with E-state index in [1.165, 1.54) is 41.7 Å². The van der Waals surface area contributed by atoms with Crippen LogP contribution >= 0.6 is 0 Å². The molecule has 14 nitrogen and oxygen atoms in total. The first-order valence-corrected chi connectivity index (χ1v) is 12.0. The van der Waals surface area contributed by atoms with Crippen LogP contribution < -0.4 is 5.73 Å². The molecule has 0 amide bonds. The first-order chi connectivity index (χ1) is 17.9. The third-order valence-electron chi connectivity index (χ3n) is 2.71. The second-order valence-corrected chi connectivity index (χ2v) is 8.37. The van der Waals surface area contributed by atoms with E-state index in [4.69, 9.17) is 20.7 Å².